The highest BCUT2D eigenvalue weighted by molar-refractivity contribution is 5.88. The van der Waals surface area contributed by atoms with Gasteiger partial charge in [0.1, 0.15) is 0 Å². The zero-order valence-electron chi connectivity index (χ0n) is 9.70. The van der Waals surface area contributed by atoms with Crippen molar-refractivity contribution in [1.29, 1.82) is 0 Å². The van der Waals surface area contributed by atoms with Gasteiger partial charge in [0.15, 0.2) is 11.3 Å². The molecule has 0 amide bonds. The summed E-state index contributed by atoms with van der Waals surface area (Å²) < 4.78 is 1.30. The average Bonchev–Trinajstić information content (AvgIpc) is 2.94. The molecule has 0 aromatic carbocycles. The van der Waals surface area contributed by atoms with Crippen molar-refractivity contribution in [3.63, 3.8) is 0 Å². The van der Waals surface area contributed by atoms with Gasteiger partial charge >= 0.3 is 5.97 Å². The van der Waals surface area contributed by atoms with Crippen LogP contribution in [0.15, 0.2) is 12.1 Å². The fraction of sp³-hybridized carbons (Fsp3) is 0.364. The molecule has 0 saturated carbocycles. The van der Waals surface area contributed by atoms with Crippen molar-refractivity contribution in [2.75, 3.05) is 23.7 Å². The summed E-state index contributed by atoms with van der Waals surface area (Å²) in [6, 6.07) is 3.31. The third-order valence-corrected chi connectivity index (χ3v) is 3.15. The molecular weight excluding hydrogens is 234 g/mol. The van der Waals surface area contributed by atoms with Crippen molar-refractivity contribution in [3.8, 4) is 0 Å². The lowest BCUT2D eigenvalue weighted by atomic mass is 10.3. The van der Waals surface area contributed by atoms with Gasteiger partial charge in [-0.2, -0.15) is 4.98 Å². The largest absolute Gasteiger partial charge is 0.477 e. The Kier molecular flexibility index (Phi) is 2.32. The Morgan fingerprint density at radius 2 is 2.06 bits per heavy atom. The van der Waals surface area contributed by atoms with Gasteiger partial charge in [-0.3, -0.25) is 0 Å². The van der Waals surface area contributed by atoms with Crippen LogP contribution >= 0.6 is 0 Å². The number of aromatic nitrogens is 3. The number of carboxylic acids is 1. The normalized spacial score (nSPS) is 15.4. The minimum Gasteiger partial charge on any atom is -0.477 e. The van der Waals surface area contributed by atoms with Crippen molar-refractivity contribution in [2.24, 2.45) is 0 Å². The highest BCUT2D eigenvalue weighted by atomic mass is 16.4. The minimum absolute atomic E-state index is 0.0668. The standard InChI is InChI=1S/C11H13N5O2/c12-11-13-9-7(15-5-1-2-6-15)3-4-8(10(17)18)16(9)14-11/h3-4H,1-2,5-6H2,(H2,12,14)(H,17,18). The van der Waals surface area contributed by atoms with E-state index >= 15 is 0 Å². The summed E-state index contributed by atoms with van der Waals surface area (Å²) in [5, 5.41) is 13.0. The molecule has 2 aromatic heterocycles. The Morgan fingerprint density at radius 1 is 1.33 bits per heavy atom. The summed E-state index contributed by atoms with van der Waals surface area (Å²) in [6.45, 7) is 1.91. The van der Waals surface area contributed by atoms with E-state index in [9.17, 15) is 4.79 Å². The molecule has 0 radical (unpaired) electrons. The summed E-state index contributed by atoms with van der Waals surface area (Å²) in [4.78, 5) is 17.4. The predicted octanol–water partition coefficient (Wildman–Crippen LogP) is 0.610. The molecule has 2 aromatic rings. The van der Waals surface area contributed by atoms with Gasteiger partial charge in [0, 0.05) is 13.1 Å². The van der Waals surface area contributed by atoms with Crippen LogP contribution in [-0.4, -0.2) is 38.8 Å². The quantitative estimate of drug-likeness (QED) is 0.807. The summed E-state index contributed by atoms with van der Waals surface area (Å²) in [5.74, 6) is -0.956. The third kappa shape index (κ3) is 1.55. The predicted molar refractivity (Wildman–Crippen MR) is 65.8 cm³/mol. The average molecular weight is 247 g/mol. The van der Waals surface area contributed by atoms with Gasteiger partial charge in [0.25, 0.3) is 0 Å². The Morgan fingerprint density at radius 3 is 2.72 bits per heavy atom. The molecule has 1 aliphatic heterocycles. The number of nitrogens with two attached hydrogens (primary N) is 1. The zero-order chi connectivity index (χ0) is 12.7. The van der Waals surface area contributed by atoms with Crippen molar-refractivity contribution in [3.05, 3.63) is 17.8 Å². The molecular formula is C11H13N5O2. The first kappa shape index (κ1) is 10.8. The van der Waals surface area contributed by atoms with E-state index in [2.05, 4.69) is 15.0 Å². The van der Waals surface area contributed by atoms with Crippen LogP contribution in [0.5, 0.6) is 0 Å². The van der Waals surface area contributed by atoms with Crippen LogP contribution in [0.1, 0.15) is 23.3 Å². The van der Waals surface area contributed by atoms with Gasteiger partial charge < -0.3 is 15.7 Å². The summed E-state index contributed by atoms with van der Waals surface area (Å²) >= 11 is 0. The summed E-state index contributed by atoms with van der Waals surface area (Å²) in [7, 11) is 0. The minimum atomic E-state index is -1.04. The number of nitrogen functional groups attached to an aromatic ring is 1. The maximum atomic E-state index is 11.1. The fourth-order valence-electron chi connectivity index (χ4n) is 2.33. The molecule has 1 saturated heterocycles. The molecule has 0 spiro atoms. The Labute approximate surface area is 103 Å². The van der Waals surface area contributed by atoms with Crippen molar-refractivity contribution in [2.45, 2.75) is 12.8 Å². The van der Waals surface area contributed by atoms with Gasteiger partial charge in [0.05, 0.1) is 5.69 Å². The van der Waals surface area contributed by atoms with E-state index in [1.165, 1.54) is 10.6 Å². The first-order valence-electron chi connectivity index (χ1n) is 5.80. The molecule has 0 unspecified atom stereocenters. The lowest BCUT2D eigenvalue weighted by Crippen LogP contribution is -2.19. The van der Waals surface area contributed by atoms with E-state index in [0.717, 1.165) is 31.6 Å². The zero-order valence-corrected chi connectivity index (χ0v) is 9.70. The van der Waals surface area contributed by atoms with E-state index < -0.39 is 5.97 Å². The first-order valence-corrected chi connectivity index (χ1v) is 5.80. The number of rotatable bonds is 2. The molecule has 18 heavy (non-hydrogen) atoms. The smallest absolute Gasteiger partial charge is 0.354 e. The van der Waals surface area contributed by atoms with Crippen molar-refractivity contribution < 1.29 is 9.90 Å². The number of anilines is 2. The van der Waals surface area contributed by atoms with Gasteiger partial charge in [-0.15, -0.1) is 5.10 Å². The van der Waals surface area contributed by atoms with Crippen LogP contribution in [0, 0.1) is 0 Å². The maximum Gasteiger partial charge on any atom is 0.354 e. The van der Waals surface area contributed by atoms with Crippen LogP contribution in [-0.2, 0) is 0 Å². The number of fused-ring (bicyclic) bond motifs is 1. The van der Waals surface area contributed by atoms with Gasteiger partial charge in [-0.25, -0.2) is 9.31 Å². The van der Waals surface area contributed by atoms with E-state index in [-0.39, 0.29) is 11.6 Å². The lowest BCUT2D eigenvalue weighted by Gasteiger charge is -2.18. The van der Waals surface area contributed by atoms with Crippen LogP contribution in [0.4, 0.5) is 11.6 Å². The highest BCUT2D eigenvalue weighted by Crippen LogP contribution is 2.25. The fourth-order valence-corrected chi connectivity index (χ4v) is 2.33. The lowest BCUT2D eigenvalue weighted by molar-refractivity contribution is 0.0687. The molecule has 1 aliphatic rings. The van der Waals surface area contributed by atoms with E-state index in [4.69, 9.17) is 10.8 Å². The van der Waals surface area contributed by atoms with Crippen molar-refractivity contribution in [1.82, 2.24) is 14.6 Å². The molecule has 3 N–H and O–H groups in total. The topological polar surface area (TPSA) is 96.8 Å². The van der Waals surface area contributed by atoms with Crippen LogP contribution in [0.25, 0.3) is 5.65 Å². The number of aromatic carboxylic acids is 1. The molecule has 0 aliphatic carbocycles. The van der Waals surface area contributed by atoms with Gasteiger partial charge in [-0.1, -0.05) is 0 Å². The van der Waals surface area contributed by atoms with Crippen LogP contribution in [0.3, 0.4) is 0 Å². The molecule has 0 atom stereocenters. The number of hydrogen-bond acceptors (Lipinski definition) is 5. The van der Waals surface area contributed by atoms with E-state index in [1.807, 2.05) is 0 Å². The van der Waals surface area contributed by atoms with Gasteiger partial charge in [-0.05, 0) is 25.0 Å². The second-order valence-corrected chi connectivity index (χ2v) is 4.31. The first-order chi connectivity index (χ1) is 8.66. The Balaban J connectivity index is 2.22. The number of carboxylic acid groups (broad SMARTS) is 1. The van der Waals surface area contributed by atoms with Crippen molar-refractivity contribution >= 4 is 23.3 Å². The van der Waals surface area contributed by atoms with Gasteiger partial charge in [0.2, 0.25) is 5.95 Å². The molecule has 1 fully saturated rings. The molecule has 7 nitrogen and oxygen atoms in total. The Hall–Kier alpha value is -2.31. The number of hydrogen-bond donors (Lipinski definition) is 2. The van der Waals surface area contributed by atoms with Crippen LogP contribution in [0.2, 0.25) is 0 Å². The number of pyridine rings is 1. The molecule has 0 bridgehead atoms. The van der Waals surface area contributed by atoms with Crippen LogP contribution < -0.4 is 10.6 Å². The van der Waals surface area contributed by atoms with E-state index in [1.54, 1.807) is 6.07 Å². The second-order valence-electron chi connectivity index (χ2n) is 4.31. The maximum absolute atomic E-state index is 11.1. The molecule has 94 valence electrons. The number of carbonyl (C=O) groups is 1. The number of nitrogens with zero attached hydrogens (tertiary/aromatic N) is 4. The summed E-state index contributed by atoms with van der Waals surface area (Å²) in [6.07, 6.45) is 2.27. The molecule has 3 heterocycles. The third-order valence-electron chi connectivity index (χ3n) is 3.15. The second kappa shape index (κ2) is 3.86. The SMILES string of the molecule is Nc1nc2c(N3CCCC3)ccc(C(=O)O)n2n1. The molecule has 7 heteroatoms. The molecule has 3 rings (SSSR count). The monoisotopic (exact) mass is 247 g/mol. The van der Waals surface area contributed by atoms with E-state index in [0.29, 0.717) is 5.65 Å². The highest BCUT2D eigenvalue weighted by Gasteiger charge is 2.20. The summed E-state index contributed by atoms with van der Waals surface area (Å²) in [5.41, 5.74) is 7.04. The Bertz CT molecular complexity index is 615.